The van der Waals surface area contributed by atoms with E-state index in [-0.39, 0.29) is 30.3 Å². The number of carbonyl (C=O) groups excluding carboxylic acids is 1. The molecule has 0 bridgehead atoms. The zero-order valence-electron chi connectivity index (χ0n) is 11.4. The summed E-state index contributed by atoms with van der Waals surface area (Å²) in [7, 11) is 0. The fourth-order valence-electron chi connectivity index (χ4n) is 2.64. The molecule has 1 aliphatic rings. The molecule has 4 heteroatoms. The minimum absolute atomic E-state index is 0. The summed E-state index contributed by atoms with van der Waals surface area (Å²) >= 11 is 0. The maximum atomic E-state index is 11.9. The summed E-state index contributed by atoms with van der Waals surface area (Å²) in [5.74, 6) is 0.162. The minimum Gasteiger partial charge on any atom is -0.355 e. The summed E-state index contributed by atoms with van der Waals surface area (Å²) < 4.78 is 0. The first-order chi connectivity index (χ1) is 8.66. The van der Waals surface area contributed by atoms with Gasteiger partial charge in [-0.25, -0.2) is 0 Å². The van der Waals surface area contributed by atoms with Crippen LogP contribution in [0.5, 0.6) is 0 Å². The summed E-state index contributed by atoms with van der Waals surface area (Å²) in [6.45, 7) is 2.78. The summed E-state index contributed by atoms with van der Waals surface area (Å²) in [4.78, 5) is 11.9. The highest BCUT2D eigenvalue weighted by Gasteiger charge is 2.29. The second-order valence-corrected chi connectivity index (χ2v) is 5.23. The fraction of sp³-hybridized carbons (Fsp3) is 0.533. The number of rotatable bonds is 4. The van der Waals surface area contributed by atoms with E-state index in [4.69, 9.17) is 5.73 Å². The molecule has 2 atom stereocenters. The lowest BCUT2D eigenvalue weighted by atomic mass is 10.0. The molecule has 0 spiro atoms. The lowest BCUT2D eigenvalue weighted by molar-refractivity contribution is -0.125. The van der Waals surface area contributed by atoms with Gasteiger partial charge < -0.3 is 11.1 Å². The molecular weight excluding hydrogens is 260 g/mol. The standard InChI is InChI=1S/C15H22N2O.ClH/c1-11-4-2-5-12(10-11)8-9-17-15(18)13-6-3-7-14(13)16;/h2,4-5,10,13-14H,3,6-9,16H2,1H3,(H,17,18);1H. The third-order valence-electron chi connectivity index (χ3n) is 3.70. The Kier molecular flexibility index (Phi) is 6.32. The van der Waals surface area contributed by atoms with Crippen molar-refractivity contribution in [3.63, 3.8) is 0 Å². The average molecular weight is 283 g/mol. The molecule has 19 heavy (non-hydrogen) atoms. The van der Waals surface area contributed by atoms with Gasteiger partial charge >= 0.3 is 0 Å². The van der Waals surface area contributed by atoms with Crippen molar-refractivity contribution >= 4 is 18.3 Å². The second-order valence-electron chi connectivity index (χ2n) is 5.23. The van der Waals surface area contributed by atoms with Crippen LogP contribution in [-0.4, -0.2) is 18.5 Å². The lowest BCUT2D eigenvalue weighted by Crippen LogP contribution is -2.39. The van der Waals surface area contributed by atoms with E-state index in [0.29, 0.717) is 6.54 Å². The van der Waals surface area contributed by atoms with Crippen molar-refractivity contribution in [2.75, 3.05) is 6.54 Å². The van der Waals surface area contributed by atoms with E-state index >= 15 is 0 Å². The van der Waals surface area contributed by atoms with Gasteiger partial charge in [0.2, 0.25) is 5.91 Å². The van der Waals surface area contributed by atoms with Crippen LogP contribution in [0, 0.1) is 12.8 Å². The molecule has 0 aromatic heterocycles. The van der Waals surface area contributed by atoms with Crippen molar-refractivity contribution in [1.29, 1.82) is 0 Å². The minimum atomic E-state index is 0. The Morgan fingerprint density at radius 1 is 1.42 bits per heavy atom. The van der Waals surface area contributed by atoms with Crippen LogP contribution in [0.1, 0.15) is 30.4 Å². The number of hydrogen-bond acceptors (Lipinski definition) is 2. The monoisotopic (exact) mass is 282 g/mol. The number of nitrogens with two attached hydrogens (primary N) is 1. The Labute approximate surface area is 121 Å². The number of nitrogens with one attached hydrogen (secondary N) is 1. The van der Waals surface area contributed by atoms with Crippen molar-refractivity contribution in [1.82, 2.24) is 5.32 Å². The first-order valence-electron chi connectivity index (χ1n) is 6.75. The number of halogens is 1. The van der Waals surface area contributed by atoms with Crippen LogP contribution in [-0.2, 0) is 11.2 Å². The van der Waals surface area contributed by atoms with Crippen LogP contribution < -0.4 is 11.1 Å². The van der Waals surface area contributed by atoms with Crippen LogP contribution in [0.2, 0.25) is 0 Å². The molecule has 106 valence electrons. The van der Waals surface area contributed by atoms with Crippen LogP contribution in [0.3, 0.4) is 0 Å². The highest BCUT2D eigenvalue weighted by atomic mass is 35.5. The molecular formula is C15H23ClN2O. The van der Waals surface area contributed by atoms with Gasteiger partial charge in [-0.1, -0.05) is 36.2 Å². The normalized spacial score (nSPS) is 21.8. The zero-order valence-corrected chi connectivity index (χ0v) is 12.2. The zero-order chi connectivity index (χ0) is 13.0. The van der Waals surface area contributed by atoms with Gasteiger partial charge in [0.15, 0.2) is 0 Å². The molecule has 0 radical (unpaired) electrons. The van der Waals surface area contributed by atoms with Crippen molar-refractivity contribution in [3.05, 3.63) is 35.4 Å². The Hall–Kier alpha value is -1.06. The Bertz CT molecular complexity index is 422. The van der Waals surface area contributed by atoms with E-state index < -0.39 is 0 Å². The van der Waals surface area contributed by atoms with E-state index in [1.54, 1.807) is 0 Å². The summed E-state index contributed by atoms with van der Waals surface area (Å²) in [5, 5.41) is 3.00. The van der Waals surface area contributed by atoms with E-state index in [0.717, 1.165) is 25.7 Å². The third-order valence-corrected chi connectivity index (χ3v) is 3.70. The molecule has 1 amide bonds. The summed E-state index contributed by atoms with van der Waals surface area (Å²) in [5.41, 5.74) is 8.45. The molecule has 1 aliphatic carbocycles. The molecule has 1 fully saturated rings. The summed E-state index contributed by atoms with van der Waals surface area (Å²) in [6.07, 6.45) is 3.89. The van der Waals surface area contributed by atoms with Crippen molar-refractivity contribution in [3.8, 4) is 0 Å². The smallest absolute Gasteiger partial charge is 0.224 e. The Morgan fingerprint density at radius 2 is 2.21 bits per heavy atom. The van der Waals surface area contributed by atoms with Gasteiger partial charge in [0.1, 0.15) is 0 Å². The van der Waals surface area contributed by atoms with E-state index in [1.165, 1.54) is 11.1 Å². The average Bonchev–Trinajstić information content (AvgIpc) is 2.75. The fourth-order valence-corrected chi connectivity index (χ4v) is 2.64. The van der Waals surface area contributed by atoms with Gasteiger partial charge in [0.05, 0.1) is 5.92 Å². The van der Waals surface area contributed by atoms with Crippen molar-refractivity contribution in [2.24, 2.45) is 11.7 Å². The predicted octanol–water partition coefficient (Wildman–Crippen LogP) is 2.20. The topological polar surface area (TPSA) is 55.1 Å². The Balaban J connectivity index is 0.00000180. The molecule has 2 unspecified atom stereocenters. The highest BCUT2D eigenvalue weighted by molar-refractivity contribution is 5.85. The molecule has 3 nitrogen and oxygen atoms in total. The third kappa shape index (κ3) is 4.51. The highest BCUT2D eigenvalue weighted by Crippen LogP contribution is 2.23. The predicted molar refractivity (Wildman–Crippen MR) is 80.5 cm³/mol. The second kappa shape index (κ2) is 7.51. The number of hydrogen-bond donors (Lipinski definition) is 2. The van der Waals surface area contributed by atoms with Crippen LogP contribution >= 0.6 is 12.4 Å². The van der Waals surface area contributed by atoms with Gasteiger partial charge in [-0.3, -0.25) is 4.79 Å². The Morgan fingerprint density at radius 3 is 2.84 bits per heavy atom. The molecule has 3 N–H and O–H groups in total. The molecule has 0 aliphatic heterocycles. The SMILES string of the molecule is Cc1cccc(CCNC(=O)C2CCCC2N)c1.Cl. The van der Waals surface area contributed by atoms with Crippen LogP contribution in [0.25, 0.3) is 0 Å². The van der Waals surface area contributed by atoms with Gasteiger partial charge in [0.25, 0.3) is 0 Å². The number of carbonyl (C=O) groups is 1. The molecule has 0 heterocycles. The van der Waals surface area contributed by atoms with E-state index in [1.807, 2.05) is 0 Å². The first kappa shape index (κ1) is 16.0. The molecule has 1 aromatic rings. The lowest BCUT2D eigenvalue weighted by Gasteiger charge is -2.15. The van der Waals surface area contributed by atoms with Crippen molar-refractivity contribution < 1.29 is 4.79 Å². The first-order valence-corrected chi connectivity index (χ1v) is 6.75. The van der Waals surface area contributed by atoms with Gasteiger partial charge in [-0.05, 0) is 31.7 Å². The van der Waals surface area contributed by atoms with E-state index in [2.05, 4.69) is 36.5 Å². The molecule has 1 saturated carbocycles. The van der Waals surface area contributed by atoms with Crippen molar-refractivity contribution in [2.45, 2.75) is 38.6 Å². The molecule has 0 saturated heterocycles. The van der Waals surface area contributed by atoms with Crippen LogP contribution in [0.15, 0.2) is 24.3 Å². The maximum absolute atomic E-state index is 11.9. The summed E-state index contributed by atoms with van der Waals surface area (Å²) in [6, 6.07) is 8.45. The molecule has 2 rings (SSSR count). The largest absolute Gasteiger partial charge is 0.355 e. The van der Waals surface area contributed by atoms with Crippen LogP contribution in [0.4, 0.5) is 0 Å². The molecule has 1 aromatic carbocycles. The van der Waals surface area contributed by atoms with E-state index in [9.17, 15) is 4.79 Å². The van der Waals surface area contributed by atoms with Gasteiger partial charge in [-0.2, -0.15) is 0 Å². The number of aryl methyl sites for hydroxylation is 1. The van der Waals surface area contributed by atoms with Gasteiger partial charge in [0, 0.05) is 12.6 Å². The quantitative estimate of drug-likeness (QED) is 0.890. The number of benzene rings is 1. The number of amides is 1. The van der Waals surface area contributed by atoms with Gasteiger partial charge in [-0.15, -0.1) is 12.4 Å². The maximum Gasteiger partial charge on any atom is 0.224 e.